The van der Waals surface area contributed by atoms with Crippen molar-refractivity contribution >= 4 is 17.9 Å². The second-order valence-electron chi connectivity index (χ2n) is 19.9. The fraction of sp³-hybridized carbons (Fsp3) is 0.794. The summed E-state index contributed by atoms with van der Waals surface area (Å²) in [6.07, 6.45) is 72.1. The SMILES string of the molecule is CC/C=C\C/C=C\C/C=C\C/C=C\CCCCCCC(=O)OC[C@H](COC(=O)CCCCCCCCCCCCCCCCC)OC(=O)CCCCCCCCCCC/C=C\CCCCCCCC. The highest BCUT2D eigenvalue weighted by Crippen LogP contribution is 2.16. The molecule has 0 rings (SSSR count). The van der Waals surface area contributed by atoms with Crippen LogP contribution in [0, 0.1) is 0 Å². The van der Waals surface area contributed by atoms with Crippen LogP contribution < -0.4 is 0 Å². The molecule has 0 saturated carbocycles. The van der Waals surface area contributed by atoms with Crippen molar-refractivity contribution in [3.05, 3.63) is 60.8 Å². The lowest BCUT2D eigenvalue weighted by Crippen LogP contribution is -2.30. The zero-order chi connectivity index (χ0) is 50.0. The van der Waals surface area contributed by atoms with E-state index in [1.54, 1.807) is 0 Å². The van der Waals surface area contributed by atoms with Crippen LogP contribution in [0.25, 0.3) is 0 Å². The molecule has 0 aliphatic heterocycles. The number of unbranched alkanes of at least 4 members (excludes halogenated alkanes) is 33. The van der Waals surface area contributed by atoms with E-state index in [1.807, 2.05) is 0 Å². The third-order valence-corrected chi connectivity index (χ3v) is 13.0. The number of hydrogen-bond acceptors (Lipinski definition) is 6. The van der Waals surface area contributed by atoms with Crippen molar-refractivity contribution < 1.29 is 28.6 Å². The Labute approximate surface area is 428 Å². The molecule has 0 spiro atoms. The molecule has 0 N–H and O–H groups in total. The van der Waals surface area contributed by atoms with Gasteiger partial charge in [0.15, 0.2) is 6.10 Å². The molecule has 6 heteroatoms. The lowest BCUT2D eigenvalue weighted by atomic mass is 10.0. The molecule has 0 aromatic carbocycles. The molecule has 0 aromatic rings. The van der Waals surface area contributed by atoms with Crippen molar-refractivity contribution in [2.75, 3.05) is 13.2 Å². The molecular formula is C63H112O6. The normalized spacial score (nSPS) is 12.4. The van der Waals surface area contributed by atoms with Crippen molar-refractivity contribution in [1.29, 1.82) is 0 Å². The fourth-order valence-electron chi connectivity index (χ4n) is 8.55. The molecule has 0 saturated heterocycles. The Morgan fingerprint density at radius 3 is 0.899 bits per heavy atom. The van der Waals surface area contributed by atoms with E-state index in [-0.39, 0.29) is 31.1 Å². The van der Waals surface area contributed by atoms with Crippen molar-refractivity contribution in [1.82, 2.24) is 0 Å². The third-order valence-electron chi connectivity index (χ3n) is 13.0. The second-order valence-corrected chi connectivity index (χ2v) is 19.9. The highest BCUT2D eigenvalue weighted by Gasteiger charge is 2.19. The van der Waals surface area contributed by atoms with Gasteiger partial charge in [-0.1, -0.05) is 261 Å². The summed E-state index contributed by atoms with van der Waals surface area (Å²) in [4.78, 5) is 38.2. The van der Waals surface area contributed by atoms with E-state index >= 15 is 0 Å². The van der Waals surface area contributed by atoms with Gasteiger partial charge in [0.2, 0.25) is 0 Å². The summed E-state index contributed by atoms with van der Waals surface area (Å²) in [5.41, 5.74) is 0. The van der Waals surface area contributed by atoms with E-state index in [0.29, 0.717) is 19.3 Å². The minimum absolute atomic E-state index is 0.0800. The maximum absolute atomic E-state index is 12.9. The van der Waals surface area contributed by atoms with E-state index < -0.39 is 6.10 Å². The van der Waals surface area contributed by atoms with Gasteiger partial charge in [0.25, 0.3) is 0 Å². The molecule has 0 bridgehead atoms. The molecule has 69 heavy (non-hydrogen) atoms. The average molecular weight is 966 g/mol. The van der Waals surface area contributed by atoms with Gasteiger partial charge in [-0.05, 0) is 83.5 Å². The monoisotopic (exact) mass is 965 g/mol. The van der Waals surface area contributed by atoms with Gasteiger partial charge in [-0.25, -0.2) is 0 Å². The van der Waals surface area contributed by atoms with Crippen LogP contribution in [-0.4, -0.2) is 37.2 Å². The topological polar surface area (TPSA) is 78.9 Å². The van der Waals surface area contributed by atoms with Crippen molar-refractivity contribution in [2.24, 2.45) is 0 Å². The highest BCUT2D eigenvalue weighted by atomic mass is 16.6. The minimum Gasteiger partial charge on any atom is -0.462 e. The molecule has 0 unspecified atom stereocenters. The first-order valence-corrected chi connectivity index (χ1v) is 29.8. The molecule has 0 aromatic heterocycles. The molecule has 0 radical (unpaired) electrons. The van der Waals surface area contributed by atoms with Gasteiger partial charge in [-0.2, -0.15) is 0 Å². The maximum Gasteiger partial charge on any atom is 0.306 e. The van der Waals surface area contributed by atoms with E-state index in [1.165, 1.54) is 167 Å². The summed E-state index contributed by atoms with van der Waals surface area (Å²) in [6, 6.07) is 0. The van der Waals surface area contributed by atoms with Crippen LogP contribution in [0.1, 0.15) is 303 Å². The maximum atomic E-state index is 12.9. The second kappa shape index (κ2) is 57.7. The first-order valence-electron chi connectivity index (χ1n) is 29.8. The Bertz CT molecular complexity index is 1250. The zero-order valence-corrected chi connectivity index (χ0v) is 45.8. The van der Waals surface area contributed by atoms with Crippen LogP contribution in [-0.2, 0) is 28.6 Å². The number of hydrogen-bond donors (Lipinski definition) is 0. The standard InChI is InChI=1S/C63H112O6/c1-4-7-10-13-16-19-22-25-28-30-31-33-36-39-42-45-48-51-54-57-63(66)69-60(58-67-61(64)55-52-49-46-43-40-37-34-27-24-21-18-15-12-9-6-3)59-68-62(65)56-53-50-47-44-41-38-35-32-29-26-23-20-17-14-11-8-5-2/h8,11,17,20,25-26,28-29,35,38,60H,4-7,9-10,12-16,18-19,21-24,27,30-34,36-37,39-59H2,1-3H3/b11-8-,20-17-,28-25-,29-26-,38-35-/t60-/m0/s1. The number of rotatable bonds is 54. The van der Waals surface area contributed by atoms with Gasteiger partial charge in [0.1, 0.15) is 13.2 Å². The zero-order valence-electron chi connectivity index (χ0n) is 45.8. The van der Waals surface area contributed by atoms with Crippen LogP contribution in [0.4, 0.5) is 0 Å². The van der Waals surface area contributed by atoms with E-state index in [4.69, 9.17) is 14.2 Å². The first kappa shape index (κ1) is 66.1. The van der Waals surface area contributed by atoms with Gasteiger partial charge in [0.05, 0.1) is 0 Å². The molecule has 6 nitrogen and oxygen atoms in total. The largest absolute Gasteiger partial charge is 0.462 e. The van der Waals surface area contributed by atoms with Gasteiger partial charge in [-0.15, -0.1) is 0 Å². The molecule has 1 atom stereocenters. The number of carbonyl (C=O) groups is 3. The Hall–Kier alpha value is -2.89. The van der Waals surface area contributed by atoms with E-state index in [2.05, 4.69) is 81.5 Å². The first-order chi connectivity index (χ1) is 34.0. The van der Waals surface area contributed by atoms with Crippen molar-refractivity contribution in [3.8, 4) is 0 Å². The number of esters is 3. The number of carbonyl (C=O) groups excluding carboxylic acids is 3. The van der Waals surface area contributed by atoms with Crippen LogP contribution in [0.5, 0.6) is 0 Å². The Kier molecular flexibility index (Phi) is 55.3. The van der Waals surface area contributed by atoms with E-state index in [0.717, 1.165) is 96.3 Å². The van der Waals surface area contributed by atoms with Crippen LogP contribution in [0.15, 0.2) is 60.8 Å². The van der Waals surface area contributed by atoms with Gasteiger partial charge >= 0.3 is 17.9 Å². The molecule has 0 aliphatic rings. The number of ether oxygens (including phenoxy) is 3. The Balaban J connectivity index is 4.39. The van der Waals surface area contributed by atoms with E-state index in [9.17, 15) is 14.4 Å². The Morgan fingerprint density at radius 1 is 0.304 bits per heavy atom. The summed E-state index contributed by atoms with van der Waals surface area (Å²) >= 11 is 0. The number of allylic oxidation sites excluding steroid dienone is 10. The van der Waals surface area contributed by atoms with Gasteiger partial charge < -0.3 is 14.2 Å². The van der Waals surface area contributed by atoms with Crippen molar-refractivity contribution in [3.63, 3.8) is 0 Å². The molecule has 400 valence electrons. The average Bonchev–Trinajstić information content (AvgIpc) is 3.35. The molecule has 0 aliphatic carbocycles. The van der Waals surface area contributed by atoms with Gasteiger partial charge in [-0.3, -0.25) is 14.4 Å². The predicted molar refractivity (Wildman–Crippen MR) is 298 cm³/mol. The molecule has 0 amide bonds. The lowest BCUT2D eigenvalue weighted by molar-refractivity contribution is -0.167. The molecule has 0 fully saturated rings. The van der Waals surface area contributed by atoms with Gasteiger partial charge in [0, 0.05) is 19.3 Å². The quantitative estimate of drug-likeness (QED) is 0.0262. The summed E-state index contributed by atoms with van der Waals surface area (Å²) in [7, 11) is 0. The summed E-state index contributed by atoms with van der Waals surface area (Å²) in [5, 5.41) is 0. The summed E-state index contributed by atoms with van der Waals surface area (Å²) in [5.74, 6) is -0.892. The molecular weight excluding hydrogens is 853 g/mol. The smallest absolute Gasteiger partial charge is 0.306 e. The summed E-state index contributed by atoms with van der Waals surface area (Å²) < 4.78 is 16.9. The highest BCUT2D eigenvalue weighted by molar-refractivity contribution is 5.71. The minimum atomic E-state index is -0.784. The predicted octanol–water partition coefficient (Wildman–Crippen LogP) is 20.0. The van der Waals surface area contributed by atoms with Crippen LogP contribution >= 0.6 is 0 Å². The Morgan fingerprint density at radius 2 is 0.565 bits per heavy atom. The third kappa shape index (κ3) is 55.9. The van der Waals surface area contributed by atoms with Crippen LogP contribution in [0.2, 0.25) is 0 Å². The molecule has 0 heterocycles. The lowest BCUT2D eigenvalue weighted by Gasteiger charge is -2.18. The van der Waals surface area contributed by atoms with Crippen LogP contribution in [0.3, 0.4) is 0 Å². The fourth-order valence-corrected chi connectivity index (χ4v) is 8.55. The summed E-state index contributed by atoms with van der Waals surface area (Å²) in [6.45, 7) is 6.54. The van der Waals surface area contributed by atoms with Crippen molar-refractivity contribution in [2.45, 2.75) is 309 Å².